The van der Waals surface area contributed by atoms with Crippen LogP contribution in [0.5, 0.6) is 0 Å². The summed E-state index contributed by atoms with van der Waals surface area (Å²) in [7, 11) is 0. The lowest BCUT2D eigenvalue weighted by Gasteiger charge is -2.02. The Balaban J connectivity index is 0. The summed E-state index contributed by atoms with van der Waals surface area (Å²) >= 11 is 0. The molecule has 0 aromatic rings. The predicted octanol–water partition coefficient (Wildman–Crippen LogP) is 14.1. The van der Waals surface area contributed by atoms with Crippen LogP contribution in [0.4, 0.5) is 0 Å². The molecular weight excluding hydrogens is 432 g/mol. The standard InChI is InChI=1S/C20H40.C16H32/c1-3-5-7-9-11-13-15-17-19-20-18-16-14-12-10-8-6-4-2;1-3-5-7-9-11-13-15-16-14-12-10-8-6-4-2/h5,7H,3-4,6,8-20H2,1-2H3;5,7H,3-4,6,8-16H2,1-2H3/b2*7-5+. The molecular formula is C36H72. The minimum Gasteiger partial charge on any atom is -0.0888 e. The van der Waals surface area contributed by atoms with E-state index >= 15 is 0 Å². The van der Waals surface area contributed by atoms with Gasteiger partial charge >= 0.3 is 0 Å². The van der Waals surface area contributed by atoms with E-state index in [0.29, 0.717) is 0 Å². The molecule has 0 aromatic heterocycles. The van der Waals surface area contributed by atoms with Gasteiger partial charge in [0.1, 0.15) is 0 Å². The van der Waals surface area contributed by atoms with Gasteiger partial charge in [-0.05, 0) is 38.5 Å². The first-order chi connectivity index (χ1) is 17.8. The summed E-state index contributed by atoms with van der Waals surface area (Å²) in [5.41, 5.74) is 0. The van der Waals surface area contributed by atoms with E-state index in [0.717, 1.165) is 0 Å². The van der Waals surface area contributed by atoms with Gasteiger partial charge in [-0.25, -0.2) is 0 Å². The molecule has 0 saturated carbocycles. The largest absolute Gasteiger partial charge is 0.0888 e. The normalized spacial score (nSPS) is 11.4. The molecule has 0 aliphatic carbocycles. The van der Waals surface area contributed by atoms with E-state index in [-0.39, 0.29) is 0 Å². The summed E-state index contributed by atoms with van der Waals surface area (Å²) in [6.07, 6.45) is 49.0. The lowest BCUT2D eigenvalue weighted by atomic mass is 10.0. The molecule has 0 aliphatic heterocycles. The van der Waals surface area contributed by atoms with Gasteiger partial charge in [0.15, 0.2) is 0 Å². The van der Waals surface area contributed by atoms with Gasteiger partial charge < -0.3 is 0 Å². The van der Waals surface area contributed by atoms with E-state index in [1.165, 1.54) is 180 Å². The number of unbranched alkanes of at least 4 members (excludes halogenated alkanes) is 24. The van der Waals surface area contributed by atoms with Gasteiger partial charge in [0.25, 0.3) is 0 Å². The van der Waals surface area contributed by atoms with Crippen LogP contribution in [-0.4, -0.2) is 0 Å². The van der Waals surface area contributed by atoms with Crippen LogP contribution in [0.2, 0.25) is 0 Å². The van der Waals surface area contributed by atoms with Crippen molar-refractivity contribution in [1.82, 2.24) is 0 Å². The molecule has 0 nitrogen and oxygen atoms in total. The fraction of sp³-hybridized carbons (Fsp3) is 0.889. The molecule has 0 rings (SSSR count). The molecule has 0 atom stereocenters. The fourth-order valence-electron chi connectivity index (χ4n) is 4.78. The summed E-state index contributed by atoms with van der Waals surface area (Å²) in [6, 6.07) is 0. The summed E-state index contributed by atoms with van der Waals surface area (Å²) in [5, 5.41) is 0. The average Bonchev–Trinajstić information content (AvgIpc) is 2.89. The van der Waals surface area contributed by atoms with Crippen LogP contribution in [-0.2, 0) is 0 Å². The molecule has 0 radical (unpaired) electrons. The Morgan fingerprint density at radius 1 is 0.250 bits per heavy atom. The maximum Gasteiger partial charge on any atom is -0.0351 e. The summed E-state index contributed by atoms with van der Waals surface area (Å²) in [4.78, 5) is 0. The second kappa shape index (κ2) is 39.0. The topological polar surface area (TPSA) is 0 Å². The van der Waals surface area contributed by atoms with E-state index in [2.05, 4.69) is 52.0 Å². The van der Waals surface area contributed by atoms with Gasteiger partial charge in [-0.15, -0.1) is 0 Å². The van der Waals surface area contributed by atoms with Crippen LogP contribution in [0, 0.1) is 0 Å². The van der Waals surface area contributed by atoms with Gasteiger partial charge in [-0.3, -0.25) is 0 Å². The van der Waals surface area contributed by atoms with Crippen molar-refractivity contribution < 1.29 is 0 Å². The lowest BCUT2D eigenvalue weighted by molar-refractivity contribution is 0.536. The Morgan fingerprint density at radius 3 is 0.694 bits per heavy atom. The van der Waals surface area contributed by atoms with Gasteiger partial charge in [-0.1, -0.05) is 193 Å². The Labute approximate surface area is 231 Å². The molecule has 0 spiro atoms. The van der Waals surface area contributed by atoms with Crippen molar-refractivity contribution in [3.8, 4) is 0 Å². The summed E-state index contributed by atoms with van der Waals surface area (Å²) in [6.45, 7) is 8.99. The van der Waals surface area contributed by atoms with Crippen LogP contribution >= 0.6 is 0 Å². The van der Waals surface area contributed by atoms with Crippen LogP contribution in [0.25, 0.3) is 0 Å². The highest BCUT2D eigenvalue weighted by Crippen LogP contribution is 2.14. The number of rotatable bonds is 28. The van der Waals surface area contributed by atoms with Crippen molar-refractivity contribution in [1.29, 1.82) is 0 Å². The zero-order valence-corrected chi connectivity index (χ0v) is 26.1. The highest BCUT2D eigenvalue weighted by Gasteiger charge is 1.94. The molecule has 36 heavy (non-hydrogen) atoms. The molecule has 0 aliphatic rings. The lowest BCUT2D eigenvalue weighted by Crippen LogP contribution is -1.83. The first-order valence-corrected chi connectivity index (χ1v) is 17.1. The van der Waals surface area contributed by atoms with Gasteiger partial charge in [0.2, 0.25) is 0 Å². The minimum atomic E-state index is 1.19. The molecule has 216 valence electrons. The van der Waals surface area contributed by atoms with Crippen molar-refractivity contribution in [2.45, 2.75) is 207 Å². The molecule has 0 bridgehead atoms. The first-order valence-electron chi connectivity index (χ1n) is 17.1. The van der Waals surface area contributed by atoms with Crippen molar-refractivity contribution in [2.24, 2.45) is 0 Å². The molecule has 0 heteroatoms. The molecule has 0 fully saturated rings. The monoisotopic (exact) mass is 505 g/mol. The molecule has 0 saturated heterocycles. The van der Waals surface area contributed by atoms with E-state index in [9.17, 15) is 0 Å². The van der Waals surface area contributed by atoms with Crippen LogP contribution in [0.15, 0.2) is 24.3 Å². The quantitative estimate of drug-likeness (QED) is 0.0733. The van der Waals surface area contributed by atoms with Crippen LogP contribution < -0.4 is 0 Å². The van der Waals surface area contributed by atoms with Gasteiger partial charge in [-0.2, -0.15) is 0 Å². The number of hydrogen-bond donors (Lipinski definition) is 0. The third-order valence-electron chi connectivity index (χ3n) is 7.25. The van der Waals surface area contributed by atoms with Gasteiger partial charge in [0.05, 0.1) is 0 Å². The summed E-state index contributed by atoms with van der Waals surface area (Å²) < 4.78 is 0. The average molecular weight is 505 g/mol. The highest BCUT2D eigenvalue weighted by atomic mass is 14.0. The predicted molar refractivity (Wildman–Crippen MR) is 170 cm³/mol. The second-order valence-corrected chi connectivity index (χ2v) is 11.1. The Kier molecular flexibility index (Phi) is 40.8. The SMILES string of the molecule is CC/C=C/CCCCCCCCCCCC.CC/C=C/CCCCCCCCCCCCCCCC. The van der Waals surface area contributed by atoms with Crippen LogP contribution in [0.1, 0.15) is 207 Å². The number of allylic oxidation sites excluding steroid dienone is 4. The molecule has 0 heterocycles. The highest BCUT2D eigenvalue weighted by molar-refractivity contribution is 4.80. The first kappa shape index (κ1) is 37.6. The van der Waals surface area contributed by atoms with E-state index in [1.54, 1.807) is 0 Å². The Hall–Kier alpha value is -0.520. The van der Waals surface area contributed by atoms with Crippen molar-refractivity contribution >= 4 is 0 Å². The van der Waals surface area contributed by atoms with Crippen LogP contribution in [0.3, 0.4) is 0 Å². The minimum absolute atomic E-state index is 1.19. The summed E-state index contributed by atoms with van der Waals surface area (Å²) in [5.74, 6) is 0. The van der Waals surface area contributed by atoms with E-state index < -0.39 is 0 Å². The Morgan fingerprint density at radius 2 is 0.472 bits per heavy atom. The third-order valence-corrected chi connectivity index (χ3v) is 7.25. The maximum absolute atomic E-state index is 2.35. The smallest absolute Gasteiger partial charge is 0.0351 e. The van der Waals surface area contributed by atoms with E-state index in [4.69, 9.17) is 0 Å². The zero-order valence-electron chi connectivity index (χ0n) is 26.1. The zero-order chi connectivity index (χ0) is 26.6. The molecule has 0 N–H and O–H groups in total. The fourth-order valence-corrected chi connectivity index (χ4v) is 4.78. The third kappa shape index (κ3) is 40.6. The second-order valence-electron chi connectivity index (χ2n) is 11.1. The molecule has 0 amide bonds. The maximum atomic E-state index is 2.35. The van der Waals surface area contributed by atoms with Gasteiger partial charge in [0, 0.05) is 0 Å². The van der Waals surface area contributed by atoms with Crippen molar-refractivity contribution in [3.05, 3.63) is 24.3 Å². The number of hydrogen-bond acceptors (Lipinski definition) is 0. The van der Waals surface area contributed by atoms with E-state index in [1.807, 2.05) is 0 Å². The molecule has 0 unspecified atom stereocenters. The Bertz CT molecular complexity index is 391. The van der Waals surface area contributed by atoms with Crippen molar-refractivity contribution in [2.75, 3.05) is 0 Å². The molecule has 0 aromatic carbocycles. The van der Waals surface area contributed by atoms with Crippen molar-refractivity contribution in [3.63, 3.8) is 0 Å².